The zero-order valence-corrected chi connectivity index (χ0v) is 24.6. The SMILES string of the molecule is CCOC(=O)C1=C(C)N=c2s/c(=C/c3cc(Cl)ccc3OC)c(=O)n2[C@@H]1c1cc(OC)c(OCC)cc1Br. The summed E-state index contributed by atoms with van der Waals surface area (Å²) < 4.78 is 24.7. The molecule has 0 unspecified atom stereocenters. The van der Waals surface area contributed by atoms with Gasteiger partial charge in [0.1, 0.15) is 5.75 Å². The van der Waals surface area contributed by atoms with Gasteiger partial charge in [-0.1, -0.05) is 38.9 Å². The number of nitrogens with zero attached hydrogens (tertiary/aromatic N) is 2. The molecule has 0 N–H and O–H groups in total. The van der Waals surface area contributed by atoms with Crippen LogP contribution in [0.4, 0.5) is 0 Å². The highest BCUT2D eigenvalue weighted by molar-refractivity contribution is 9.10. The number of hydrogen-bond acceptors (Lipinski definition) is 8. The van der Waals surface area contributed by atoms with Gasteiger partial charge in [0.2, 0.25) is 0 Å². The van der Waals surface area contributed by atoms with E-state index in [1.54, 1.807) is 57.4 Å². The number of ether oxygens (including phenoxy) is 4. The Morgan fingerprint density at radius 1 is 1.13 bits per heavy atom. The second-order valence-corrected chi connectivity index (χ2v) is 10.4. The van der Waals surface area contributed by atoms with Crippen molar-refractivity contribution in [1.29, 1.82) is 0 Å². The molecule has 0 radical (unpaired) electrons. The highest BCUT2D eigenvalue weighted by atomic mass is 79.9. The van der Waals surface area contributed by atoms with Gasteiger partial charge in [-0.3, -0.25) is 9.36 Å². The normalized spacial score (nSPS) is 15.1. The molecule has 1 aliphatic rings. The first-order valence-corrected chi connectivity index (χ1v) is 13.8. The van der Waals surface area contributed by atoms with Crippen LogP contribution in [0.5, 0.6) is 17.2 Å². The van der Waals surface area contributed by atoms with Crippen LogP contribution in [0.1, 0.15) is 37.9 Å². The number of rotatable bonds is 8. The first kappa shape index (κ1) is 27.9. The van der Waals surface area contributed by atoms with Crippen LogP contribution in [-0.2, 0) is 9.53 Å². The number of esters is 1. The number of benzene rings is 2. The smallest absolute Gasteiger partial charge is 0.338 e. The van der Waals surface area contributed by atoms with Crippen LogP contribution in [0, 0.1) is 0 Å². The van der Waals surface area contributed by atoms with E-state index in [0.29, 0.717) is 59.5 Å². The summed E-state index contributed by atoms with van der Waals surface area (Å²) >= 11 is 11.0. The molecule has 38 heavy (non-hydrogen) atoms. The molecular weight excluding hydrogens is 596 g/mol. The summed E-state index contributed by atoms with van der Waals surface area (Å²) in [5.74, 6) is 1.02. The average molecular weight is 622 g/mol. The summed E-state index contributed by atoms with van der Waals surface area (Å²) in [6.45, 7) is 5.95. The van der Waals surface area contributed by atoms with Crippen molar-refractivity contribution >= 4 is 50.9 Å². The second kappa shape index (κ2) is 11.8. The fourth-order valence-electron chi connectivity index (χ4n) is 4.23. The molecule has 2 aromatic carbocycles. The largest absolute Gasteiger partial charge is 0.496 e. The highest BCUT2D eigenvalue weighted by Crippen LogP contribution is 2.41. The van der Waals surface area contributed by atoms with Gasteiger partial charge < -0.3 is 18.9 Å². The van der Waals surface area contributed by atoms with Crippen molar-refractivity contribution in [2.24, 2.45) is 4.99 Å². The van der Waals surface area contributed by atoms with Gasteiger partial charge in [0.05, 0.1) is 49.3 Å². The van der Waals surface area contributed by atoms with Crippen LogP contribution in [0.25, 0.3) is 6.08 Å². The standard InChI is InChI=1S/C27H26BrClN2O6S/c1-6-36-21-13-18(28)17(12-20(21)35-5)24-23(26(33)37-7-2)14(3)30-27-31(24)25(32)22(38-27)11-15-10-16(29)8-9-19(15)34-4/h8-13,24H,6-7H2,1-5H3/b22-11+/t24-/m1/s1. The maximum absolute atomic E-state index is 13.9. The predicted molar refractivity (Wildman–Crippen MR) is 150 cm³/mol. The minimum Gasteiger partial charge on any atom is -0.496 e. The Balaban J connectivity index is 2.02. The Morgan fingerprint density at radius 3 is 2.53 bits per heavy atom. The topological polar surface area (TPSA) is 88.4 Å². The number of allylic oxidation sites excluding steroid dienone is 1. The first-order valence-electron chi connectivity index (χ1n) is 11.8. The molecule has 3 aromatic rings. The molecule has 0 amide bonds. The minimum absolute atomic E-state index is 0.176. The molecule has 0 fully saturated rings. The number of aromatic nitrogens is 1. The predicted octanol–water partition coefficient (Wildman–Crippen LogP) is 4.63. The van der Waals surface area contributed by atoms with Gasteiger partial charge in [-0.2, -0.15) is 0 Å². The number of carbonyl (C=O) groups excluding carboxylic acids is 1. The van der Waals surface area contributed by atoms with Crippen molar-refractivity contribution in [1.82, 2.24) is 4.57 Å². The third-order valence-electron chi connectivity index (χ3n) is 5.87. The lowest BCUT2D eigenvalue weighted by molar-refractivity contribution is -0.139. The van der Waals surface area contributed by atoms with Crippen LogP contribution in [0.15, 0.2) is 55.9 Å². The van der Waals surface area contributed by atoms with Crippen LogP contribution < -0.4 is 29.1 Å². The molecule has 2 heterocycles. The van der Waals surface area contributed by atoms with Gasteiger partial charge in [-0.15, -0.1) is 0 Å². The molecule has 0 spiro atoms. The Morgan fingerprint density at radius 2 is 1.87 bits per heavy atom. The van der Waals surface area contributed by atoms with Crippen LogP contribution in [0.2, 0.25) is 5.02 Å². The molecule has 4 rings (SSSR count). The van der Waals surface area contributed by atoms with Gasteiger partial charge in [0.25, 0.3) is 5.56 Å². The summed E-state index contributed by atoms with van der Waals surface area (Å²) in [5, 5.41) is 0.508. The van der Waals surface area contributed by atoms with E-state index < -0.39 is 12.0 Å². The third-order valence-corrected chi connectivity index (χ3v) is 7.78. The van der Waals surface area contributed by atoms with Gasteiger partial charge >= 0.3 is 5.97 Å². The molecule has 200 valence electrons. The van der Waals surface area contributed by atoms with Crippen LogP contribution in [-0.4, -0.2) is 38.0 Å². The lowest BCUT2D eigenvalue weighted by Gasteiger charge is -2.26. The molecule has 0 saturated heterocycles. The van der Waals surface area contributed by atoms with Crippen LogP contribution in [0.3, 0.4) is 0 Å². The number of thiazole rings is 1. The van der Waals surface area contributed by atoms with E-state index in [4.69, 9.17) is 30.5 Å². The molecule has 1 atom stereocenters. The van der Waals surface area contributed by atoms with Crippen molar-refractivity contribution in [3.63, 3.8) is 0 Å². The fourth-order valence-corrected chi connectivity index (χ4v) is 5.99. The van der Waals surface area contributed by atoms with Gasteiger partial charge in [-0.05, 0) is 62.7 Å². The molecular formula is C27H26BrClN2O6S. The summed E-state index contributed by atoms with van der Waals surface area (Å²) in [6.07, 6.45) is 1.71. The van der Waals surface area contributed by atoms with E-state index in [0.717, 1.165) is 0 Å². The molecule has 8 nitrogen and oxygen atoms in total. The van der Waals surface area contributed by atoms with Gasteiger partial charge in [-0.25, -0.2) is 9.79 Å². The number of carbonyl (C=O) groups is 1. The van der Waals surface area contributed by atoms with E-state index in [1.165, 1.54) is 23.0 Å². The Hall–Kier alpha value is -3.08. The number of methoxy groups -OCH3 is 2. The average Bonchev–Trinajstić information content (AvgIpc) is 3.18. The summed E-state index contributed by atoms with van der Waals surface area (Å²) in [7, 11) is 3.08. The first-order chi connectivity index (χ1) is 18.2. The van der Waals surface area contributed by atoms with Crippen molar-refractivity contribution in [3.8, 4) is 17.2 Å². The van der Waals surface area contributed by atoms with Crippen molar-refractivity contribution < 1.29 is 23.7 Å². The maximum Gasteiger partial charge on any atom is 0.338 e. The summed E-state index contributed by atoms with van der Waals surface area (Å²) in [6, 6.07) is 7.87. The number of fused-ring (bicyclic) bond motifs is 1. The lowest BCUT2D eigenvalue weighted by Crippen LogP contribution is -2.40. The molecule has 11 heteroatoms. The lowest BCUT2D eigenvalue weighted by atomic mass is 9.95. The van der Waals surface area contributed by atoms with Crippen LogP contribution >= 0.6 is 38.9 Å². The summed E-state index contributed by atoms with van der Waals surface area (Å²) in [5.41, 5.74) is 1.66. The molecule has 1 aliphatic heterocycles. The Kier molecular flexibility index (Phi) is 8.64. The Bertz CT molecular complexity index is 1610. The molecule has 0 aliphatic carbocycles. The number of hydrogen-bond donors (Lipinski definition) is 0. The quantitative estimate of drug-likeness (QED) is 0.341. The maximum atomic E-state index is 13.9. The zero-order valence-electron chi connectivity index (χ0n) is 21.5. The highest BCUT2D eigenvalue weighted by Gasteiger charge is 2.35. The second-order valence-electron chi connectivity index (χ2n) is 8.15. The molecule has 1 aromatic heterocycles. The Labute approximate surface area is 236 Å². The number of halogens is 2. The van der Waals surface area contributed by atoms with Gasteiger partial charge in [0, 0.05) is 15.1 Å². The van der Waals surface area contributed by atoms with E-state index in [1.807, 2.05) is 6.92 Å². The zero-order chi connectivity index (χ0) is 27.6. The fraction of sp³-hybridized carbons (Fsp3) is 0.296. The van der Waals surface area contributed by atoms with Crippen molar-refractivity contribution in [3.05, 3.63) is 81.9 Å². The van der Waals surface area contributed by atoms with Crippen molar-refractivity contribution in [2.45, 2.75) is 26.8 Å². The van der Waals surface area contributed by atoms with E-state index in [9.17, 15) is 9.59 Å². The monoisotopic (exact) mass is 620 g/mol. The van der Waals surface area contributed by atoms with E-state index in [2.05, 4.69) is 20.9 Å². The van der Waals surface area contributed by atoms with E-state index >= 15 is 0 Å². The molecule has 0 bridgehead atoms. The minimum atomic E-state index is -0.826. The summed E-state index contributed by atoms with van der Waals surface area (Å²) in [4.78, 5) is 32.2. The third kappa shape index (κ3) is 5.25. The van der Waals surface area contributed by atoms with E-state index in [-0.39, 0.29) is 17.7 Å². The van der Waals surface area contributed by atoms with Gasteiger partial charge in [0.15, 0.2) is 16.3 Å². The molecule has 0 saturated carbocycles. The van der Waals surface area contributed by atoms with Crippen molar-refractivity contribution in [2.75, 3.05) is 27.4 Å².